The van der Waals surface area contributed by atoms with Crippen LogP contribution < -0.4 is 29.5 Å². The molecule has 0 amide bonds. The number of nitrogens with one attached hydrogen (secondary N) is 4. The van der Waals surface area contributed by atoms with E-state index in [1.54, 1.807) is 14.4 Å². The first kappa shape index (κ1) is 16.4. The van der Waals surface area contributed by atoms with Crippen molar-refractivity contribution in [1.29, 1.82) is 0 Å². The Hall–Kier alpha value is -2.11. The molecule has 0 unspecified atom stereocenters. The monoisotopic (exact) mass is 334 g/mol. The maximum atomic E-state index is 5.95. The van der Waals surface area contributed by atoms with E-state index in [9.17, 15) is 0 Å². The molecule has 2 aliphatic rings. The molecular weight excluding hydrogens is 317 g/mol. The van der Waals surface area contributed by atoms with Gasteiger partial charge < -0.3 is 0 Å². The first-order valence-corrected chi connectivity index (χ1v) is 7.96. The van der Waals surface area contributed by atoms with Crippen LogP contribution in [-0.2, 0) is 18.7 Å². The van der Waals surface area contributed by atoms with Crippen molar-refractivity contribution in [3.05, 3.63) is 37.4 Å². The van der Waals surface area contributed by atoms with Gasteiger partial charge in [-0.15, -0.1) is 0 Å². The van der Waals surface area contributed by atoms with Gasteiger partial charge in [0.05, 0.1) is 0 Å². The van der Waals surface area contributed by atoms with E-state index < -0.39 is 14.4 Å². The van der Waals surface area contributed by atoms with E-state index >= 15 is 0 Å². The van der Waals surface area contributed by atoms with Crippen molar-refractivity contribution in [3.63, 3.8) is 0 Å². The van der Waals surface area contributed by atoms with Gasteiger partial charge >= 0.3 is 147 Å². The van der Waals surface area contributed by atoms with Crippen molar-refractivity contribution in [3.8, 4) is 0 Å². The molecule has 2 aromatic heterocycles. The summed E-state index contributed by atoms with van der Waals surface area (Å²) in [6.45, 7) is 0. The second kappa shape index (κ2) is 7.02. The molecule has 0 bridgehead atoms. The fourth-order valence-electron chi connectivity index (χ4n) is 2.67. The van der Waals surface area contributed by atoms with E-state index in [0.29, 0.717) is 0 Å². The van der Waals surface area contributed by atoms with Gasteiger partial charge in [-0.3, -0.25) is 0 Å². The Morgan fingerprint density at radius 1 is 0.960 bits per heavy atom. The Kier molecular flexibility index (Phi) is 4.59. The number of nitrogens with zero attached hydrogens (tertiary/aromatic N) is 6. The van der Waals surface area contributed by atoms with Crippen LogP contribution in [0.5, 0.6) is 0 Å². The Morgan fingerprint density at radius 2 is 1.68 bits per heavy atom. The Morgan fingerprint density at radius 3 is 2.40 bits per heavy atom. The normalized spacial score (nSPS) is 16.4. The molecule has 0 atom stereocenters. The van der Waals surface area contributed by atoms with Crippen molar-refractivity contribution in [1.82, 2.24) is 29.7 Å². The fourth-order valence-corrected chi connectivity index (χ4v) is 2.67. The summed E-state index contributed by atoms with van der Waals surface area (Å²) >= 11 is 0. The summed E-state index contributed by atoms with van der Waals surface area (Å²) in [5.41, 5.74) is 0. The first-order valence-electron chi connectivity index (χ1n) is 7.96. The molecule has 2 aromatic rings. The molecule has 0 spiro atoms. The summed E-state index contributed by atoms with van der Waals surface area (Å²) in [6, 6.07) is 0. The van der Waals surface area contributed by atoms with Gasteiger partial charge in [0.25, 0.3) is 0 Å². The van der Waals surface area contributed by atoms with E-state index in [1.165, 1.54) is 0 Å². The van der Waals surface area contributed by atoms with Crippen molar-refractivity contribution in [2.45, 2.75) is 0 Å². The fraction of sp³-hybridized carbons (Fsp3) is 0.250. The molecule has 4 heterocycles. The van der Waals surface area contributed by atoms with E-state index in [4.69, 9.17) is 4.57 Å². The van der Waals surface area contributed by atoms with Crippen molar-refractivity contribution in [2.24, 2.45) is 23.7 Å². The van der Waals surface area contributed by atoms with E-state index in [0.717, 1.165) is 0 Å². The van der Waals surface area contributed by atoms with Crippen molar-refractivity contribution >= 4 is 43.0 Å². The second-order valence-corrected chi connectivity index (χ2v) is 5.92. The van der Waals surface area contributed by atoms with Crippen LogP contribution in [0.25, 0.3) is 0 Å². The molecule has 17 heteroatoms. The number of rotatable bonds is 4. The molecule has 0 saturated heterocycles. The minimum absolute atomic E-state index is 0.139. The van der Waals surface area contributed by atoms with Crippen LogP contribution in [0.4, 0.5) is 0 Å². The number of imidazole rings is 2. The summed E-state index contributed by atoms with van der Waals surface area (Å²) < 4.78 is 13.8. The zero-order valence-electron chi connectivity index (χ0n) is 14.0. The van der Waals surface area contributed by atoms with E-state index in [2.05, 4.69) is 30.2 Å². The topological polar surface area (TPSA) is 99.7 Å². The quantitative estimate of drug-likeness (QED) is 0.422. The predicted octanol–water partition coefficient (Wildman–Crippen LogP) is -4.72. The zero-order chi connectivity index (χ0) is 17.2. The molecule has 0 aromatic carbocycles. The number of hydrogen-bond donors (Lipinski definition) is 4. The van der Waals surface area contributed by atoms with Gasteiger partial charge in [-0.05, 0) is 0 Å². The molecule has 0 fully saturated rings. The molecule has 11 nitrogen and oxygen atoms in total. The number of hydrogen-bond acceptors (Lipinski definition) is 7. The van der Waals surface area contributed by atoms with Crippen LogP contribution in [0.15, 0.2) is 47.1 Å². The molecule has 25 heavy (non-hydrogen) atoms. The van der Waals surface area contributed by atoms with Crippen LogP contribution in [0.3, 0.4) is 0 Å². The molecule has 0 radical (unpaired) electrons. The number of aromatic nitrogens is 4. The van der Waals surface area contributed by atoms with Gasteiger partial charge in [0.15, 0.2) is 0 Å². The molecule has 120 valence electrons. The summed E-state index contributed by atoms with van der Waals surface area (Å²) in [7, 11) is 5.91. The van der Waals surface area contributed by atoms with E-state index in [-0.39, 0.29) is 14.2 Å². The average Bonchev–Trinajstić information content (AvgIpc) is 3.24. The van der Waals surface area contributed by atoms with Crippen LogP contribution in [0.1, 0.15) is 0 Å². The first-order chi connectivity index (χ1) is 12.2. The van der Waals surface area contributed by atoms with Crippen LogP contribution >= 0.6 is 0 Å². The van der Waals surface area contributed by atoms with E-state index in [1.807, 2.05) is 69.6 Å². The van der Waals surface area contributed by atoms with Gasteiger partial charge in [-0.2, -0.15) is 0 Å². The molecule has 0 aliphatic carbocycles. The third-order valence-corrected chi connectivity index (χ3v) is 3.91. The third-order valence-electron chi connectivity index (χ3n) is 3.91. The van der Waals surface area contributed by atoms with Gasteiger partial charge in [0, 0.05) is 0 Å². The molecule has 4 rings (SSSR count). The third kappa shape index (κ3) is 3.78. The number of aryl methyl sites for hydroxylation is 2. The van der Waals surface area contributed by atoms with Gasteiger partial charge in [-0.25, -0.2) is 0 Å². The van der Waals surface area contributed by atoms with Crippen LogP contribution in [-0.4, -0.2) is 52.2 Å². The van der Waals surface area contributed by atoms with Crippen LogP contribution in [0, 0.1) is 0 Å². The maximum absolute atomic E-state index is 5.95. The summed E-state index contributed by atoms with van der Waals surface area (Å²) in [5.74, 6) is 0. The van der Waals surface area contributed by atoms with Gasteiger partial charge in [0.1, 0.15) is 0 Å². The van der Waals surface area contributed by atoms with Gasteiger partial charge in [0.2, 0.25) is 0 Å². The summed E-state index contributed by atoms with van der Waals surface area (Å²) in [4.78, 5) is 8.65. The molecule has 2 aliphatic heterocycles. The molecule has 0 saturated carbocycles. The average molecular weight is 333 g/mol. The standard InChI is InChI=1S/C8H16B6N10O/c1-21-3-5-23(7-21)11-15-9-17-13(19-11)25-14-18-10-16-12(20-14)24-6-4-22(2)8-24/h3-8,15,18-20H,1-2H3/q+2. The zero-order valence-corrected chi connectivity index (χ0v) is 14.0. The summed E-state index contributed by atoms with van der Waals surface area (Å²) in [5, 5.41) is 12.7. The minimum atomic E-state index is -0.503. The van der Waals surface area contributed by atoms with Crippen molar-refractivity contribution in [2.75, 3.05) is 0 Å². The van der Waals surface area contributed by atoms with Gasteiger partial charge in [-0.1, -0.05) is 0 Å². The Bertz CT molecular complexity index is 794. The molecule has 4 N–H and O–H groups in total. The van der Waals surface area contributed by atoms with Crippen molar-refractivity contribution < 1.29 is 13.5 Å². The summed E-state index contributed by atoms with van der Waals surface area (Å²) in [6.07, 6.45) is 11.7. The Balaban J connectivity index is 1.38. The second-order valence-electron chi connectivity index (χ2n) is 5.92. The Labute approximate surface area is 148 Å². The SMILES string of the molecule is Cn1cc[n+](B2N=BNB(OB3N=BNB([n+]4ccn(C)c4)N3)N2)c1. The van der Waals surface area contributed by atoms with Crippen LogP contribution in [0.2, 0.25) is 0 Å². The predicted molar refractivity (Wildman–Crippen MR) is 95.0 cm³/mol. The molecular formula is C8H16B6N10O+2.